The van der Waals surface area contributed by atoms with Gasteiger partial charge in [-0.15, -0.1) is 0 Å². The van der Waals surface area contributed by atoms with Gasteiger partial charge < -0.3 is 10.2 Å². The van der Waals surface area contributed by atoms with E-state index in [2.05, 4.69) is 13.5 Å². The molecular weight excluding hydrogens is 292 g/mol. The first kappa shape index (κ1) is 23.9. The van der Waals surface area contributed by atoms with Crippen LogP contribution in [-0.4, -0.2) is 22.2 Å². The predicted octanol–water partition coefficient (Wildman–Crippen LogP) is 5.81. The topological polar surface area (TPSA) is 74.6 Å². The molecule has 136 valence electrons. The van der Waals surface area contributed by atoms with E-state index in [0.29, 0.717) is 6.42 Å². The molecule has 0 aliphatic rings. The van der Waals surface area contributed by atoms with Crippen molar-refractivity contribution in [2.75, 3.05) is 0 Å². The zero-order valence-corrected chi connectivity index (χ0v) is 14.9. The van der Waals surface area contributed by atoms with Crippen molar-refractivity contribution in [1.29, 1.82) is 0 Å². The van der Waals surface area contributed by atoms with E-state index in [9.17, 15) is 9.59 Å². The third-order valence-corrected chi connectivity index (χ3v) is 3.67. The maximum Gasteiger partial charge on any atom is 0.327 e. The first-order chi connectivity index (χ1) is 11.0. The lowest BCUT2D eigenvalue weighted by Gasteiger charge is -2.02. The minimum absolute atomic E-state index is 0.345. The molecule has 0 saturated heterocycles. The molecule has 4 nitrogen and oxygen atoms in total. The van der Waals surface area contributed by atoms with Gasteiger partial charge in [-0.25, -0.2) is 4.79 Å². The quantitative estimate of drug-likeness (QED) is 0.294. The Morgan fingerprint density at radius 2 is 1.04 bits per heavy atom. The van der Waals surface area contributed by atoms with Crippen molar-refractivity contribution in [1.82, 2.24) is 0 Å². The first-order valence-corrected chi connectivity index (χ1v) is 9.11. The van der Waals surface area contributed by atoms with Crippen molar-refractivity contribution in [3.8, 4) is 0 Å². The molecule has 0 aliphatic carbocycles. The fourth-order valence-electron chi connectivity index (χ4n) is 2.29. The number of carboxylic acid groups (broad SMARTS) is 2. The van der Waals surface area contributed by atoms with Gasteiger partial charge >= 0.3 is 11.9 Å². The van der Waals surface area contributed by atoms with Gasteiger partial charge in [0.15, 0.2) is 0 Å². The van der Waals surface area contributed by atoms with Crippen LogP contribution in [0.15, 0.2) is 12.7 Å². The van der Waals surface area contributed by atoms with E-state index in [1.54, 1.807) is 0 Å². The Balaban J connectivity index is 0. The smallest absolute Gasteiger partial charge is 0.327 e. The number of hydrogen-bond donors (Lipinski definition) is 2. The molecule has 0 fully saturated rings. The van der Waals surface area contributed by atoms with E-state index in [1.807, 2.05) is 0 Å². The van der Waals surface area contributed by atoms with Gasteiger partial charge in [-0.3, -0.25) is 4.79 Å². The van der Waals surface area contributed by atoms with Crippen LogP contribution in [-0.2, 0) is 9.59 Å². The molecule has 0 atom stereocenters. The minimum atomic E-state index is -0.981. The Kier molecular flexibility index (Phi) is 21.5. The zero-order valence-electron chi connectivity index (χ0n) is 14.9. The average molecular weight is 328 g/mol. The largest absolute Gasteiger partial charge is 0.481 e. The van der Waals surface area contributed by atoms with Crippen LogP contribution < -0.4 is 0 Å². The predicted molar refractivity (Wildman–Crippen MR) is 95.8 cm³/mol. The highest BCUT2D eigenvalue weighted by Gasteiger charge is 1.96. The molecule has 0 aliphatic heterocycles. The van der Waals surface area contributed by atoms with E-state index in [1.165, 1.54) is 70.6 Å². The summed E-state index contributed by atoms with van der Waals surface area (Å²) in [6.45, 7) is 5.22. The second kappa shape index (κ2) is 20.7. The van der Waals surface area contributed by atoms with E-state index >= 15 is 0 Å². The summed E-state index contributed by atoms with van der Waals surface area (Å²) in [7, 11) is 0. The highest BCUT2D eigenvalue weighted by atomic mass is 16.4. The Hall–Kier alpha value is -1.32. The highest BCUT2D eigenvalue weighted by molar-refractivity contribution is 5.78. The molecule has 0 unspecified atom stereocenters. The summed E-state index contributed by atoms with van der Waals surface area (Å²) < 4.78 is 0. The number of unbranched alkanes of at least 4 members (excludes halogenated alkanes) is 12. The Bertz CT molecular complexity index is 287. The molecule has 0 spiro atoms. The molecule has 0 aromatic rings. The molecule has 0 bridgehead atoms. The second-order valence-corrected chi connectivity index (χ2v) is 5.93. The number of aliphatic carboxylic acids is 2. The molecule has 0 amide bonds. The van der Waals surface area contributed by atoms with Gasteiger partial charge in [0.05, 0.1) is 0 Å². The molecule has 0 saturated carbocycles. The van der Waals surface area contributed by atoms with Crippen LogP contribution in [0.3, 0.4) is 0 Å². The molecule has 2 N–H and O–H groups in total. The molecule has 0 rings (SSSR count). The second-order valence-electron chi connectivity index (χ2n) is 5.93. The first-order valence-electron chi connectivity index (χ1n) is 9.11. The third kappa shape index (κ3) is 29.4. The van der Waals surface area contributed by atoms with Crippen LogP contribution in [0.4, 0.5) is 0 Å². The summed E-state index contributed by atoms with van der Waals surface area (Å²) in [5, 5.41) is 16.1. The van der Waals surface area contributed by atoms with Crippen molar-refractivity contribution in [3.63, 3.8) is 0 Å². The lowest BCUT2D eigenvalue weighted by Crippen LogP contribution is -1.93. The maximum absolute atomic E-state index is 10.3. The van der Waals surface area contributed by atoms with Crippen LogP contribution in [0.25, 0.3) is 0 Å². The van der Waals surface area contributed by atoms with E-state index in [-0.39, 0.29) is 0 Å². The lowest BCUT2D eigenvalue weighted by molar-refractivity contribution is -0.137. The minimum Gasteiger partial charge on any atom is -0.481 e. The van der Waals surface area contributed by atoms with Crippen LogP contribution in [0.1, 0.15) is 96.8 Å². The van der Waals surface area contributed by atoms with Crippen LogP contribution >= 0.6 is 0 Å². The van der Waals surface area contributed by atoms with Crippen LogP contribution in [0.2, 0.25) is 0 Å². The summed E-state index contributed by atoms with van der Waals surface area (Å²) in [4.78, 5) is 19.6. The number of carboxylic acids is 2. The molecule has 23 heavy (non-hydrogen) atoms. The van der Waals surface area contributed by atoms with Crippen molar-refractivity contribution >= 4 is 11.9 Å². The third-order valence-electron chi connectivity index (χ3n) is 3.67. The zero-order chi connectivity index (χ0) is 17.8. The van der Waals surface area contributed by atoms with Gasteiger partial charge in [0.1, 0.15) is 0 Å². The molecule has 0 radical (unpaired) electrons. The molecule has 0 aromatic carbocycles. The van der Waals surface area contributed by atoms with Crippen molar-refractivity contribution in [2.24, 2.45) is 0 Å². The van der Waals surface area contributed by atoms with Gasteiger partial charge in [0, 0.05) is 12.5 Å². The Labute approximate surface area is 142 Å². The summed E-state index contributed by atoms with van der Waals surface area (Å²) in [6, 6.07) is 0. The summed E-state index contributed by atoms with van der Waals surface area (Å²) in [5.74, 6) is -1.64. The number of carbonyl (C=O) groups is 2. The number of rotatable bonds is 15. The monoisotopic (exact) mass is 328 g/mol. The molecular formula is C19H36O4. The molecule has 4 heteroatoms. The summed E-state index contributed by atoms with van der Waals surface area (Å²) >= 11 is 0. The van der Waals surface area contributed by atoms with Crippen molar-refractivity contribution < 1.29 is 19.8 Å². The SMILES string of the molecule is C=CC(=O)O.CCCCCCCCCCCCCCCC(=O)O. The van der Waals surface area contributed by atoms with Gasteiger partial charge in [-0.2, -0.15) is 0 Å². The van der Waals surface area contributed by atoms with Gasteiger partial charge in [0.25, 0.3) is 0 Å². The molecule has 0 heterocycles. The highest BCUT2D eigenvalue weighted by Crippen LogP contribution is 2.12. The summed E-state index contributed by atoms with van der Waals surface area (Å²) in [6.07, 6.45) is 18.1. The van der Waals surface area contributed by atoms with Crippen molar-refractivity contribution in [3.05, 3.63) is 12.7 Å². The normalized spacial score (nSPS) is 9.78. The lowest BCUT2D eigenvalue weighted by atomic mass is 10.0. The van der Waals surface area contributed by atoms with Gasteiger partial charge in [-0.05, 0) is 6.42 Å². The van der Waals surface area contributed by atoms with Gasteiger partial charge in [0.2, 0.25) is 0 Å². The van der Waals surface area contributed by atoms with Crippen molar-refractivity contribution in [2.45, 2.75) is 96.8 Å². The number of hydrogen-bond acceptors (Lipinski definition) is 2. The summed E-state index contributed by atoms with van der Waals surface area (Å²) in [5.41, 5.74) is 0. The maximum atomic E-state index is 10.3. The van der Waals surface area contributed by atoms with Gasteiger partial charge in [-0.1, -0.05) is 90.6 Å². The van der Waals surface area contributed by atoms with Crippen LogP contribution in [0.5, 0.6) is 0 Å². The Morgan fingerprint density at radius 3 is 1.30 bits per heavy atom. The van der Waals surface area contributed by atoms with E-state index in [4.69, 9.17) is 10.2 Å². The average Bonchev–Trinajstić information content (AvgIpc) is 2.52. The fourth-order valence-corrected chi connectivity index (χ4v) is 2.29. The standard InChI is InChI=1S/C16H32O2.C3H4O2/c1-2-3-4-5-6-7-8-9-10-11-12-13-14-15-16(17)18;1-2-3(4)5/h2-15H2,1H3,(H,17,18);2H,1H2,(H,4,5). The fraction of sp³-hybridized carbons (Fsp3) is 0.789. The Morgan fingerprint density at radius 1 is 0.739 bits per heavy atom. The van der Waals surface area contributed by atoms with E-state index < -0.39 is 11.9 Å². The molecule has 0 aromatic heterocycles. The van der Waals surface area contributed by atoms with E-state index in [0.717, 1.165) is 18.9 Å². The van der Waals surface area contributed by atoms with Crippen LogP contribution in [0, 0.1) is 0 Å².